The molecule has 0 radical (unpaired) electrons. The molecule has 2 atom stereocenters. The van der Waals surface area contributed by atoms with Crippen molar-refractivity contribution in [3.63, 3.8) is 0 Å². The Hall–Kier alpha value is -1.36. The van der Waals surface area contributed by atoms with Crippen LogP contribution in [-0.4, -0.2) is 32.1 Å². The minimum atomic E-state index is -0.999. The van der Waals surface area contributed by atoms with Crippen LogP contribution >= 0.6 is 0 Å². The Kier molecular flexibility index (Phi) is 2.25. The summed E-state index contributed by atoms with van der Waals surface area (Å²) in [6.45, 7) is 0. The lowest BCUT2D eigenvalue weighted by Crippen LogP contribution is -2.22. The van der Waals surface area contributed by atoms with Crippen molar-refractivity contribution < 1.29 is 15.0 Å². The van der Waals surface area contributed by atoms with Gasteiger partial charge in [-0.1, -0.05) is 0 Å². The highest BCUT2D eigenvalue weighted by molar-refractivity contribution is 5.85. The van der Waals surface area contributed by atoms with Crippen molar-refractivity contribution in [2.75, 3.05) is 0 Å². The summed E-state index contributed by atoms with van der Waals surface area (Å²) >= 11 is 0. The summed E-state index contributed by atoms with van der Waals surface area (Å²) in [4.78, 5) is 10.8. The first kappa shape index (κ1) is 9.21. The fourth-order valence-corrected chi connectivity index (χ4v) is 1.95. The Morgan fingerprint density at radius 1 is 1.57 bits per heavy atom. The standard InChI is InChI=1S/C9H12N2O3/c12-8-3-1-2-6(8)11-7(9(13)14)4-5-10-11/h4-6,8,12H,1-3H2,(H,13,14). The number of nitrogens with zero attached hydrogens (tertiary/aromatic N) is 2. The second-order valence-electron chi connectivity index (χ2n) is 3.53. The molecular weight excluding hydrogens is 184 g/mol. The molecule has 1 heterocycles. The maximum atomic E-state index is 10.8. The molecule has 0 amide bonds. The Labute approximate surface area is 81.0 Å². The number of aromatic nitrogens is 2. The molecular formula is C9H12N2O3. The number of aliphatic hydroxyl groups excluding tert-OH is 1. The van der Waals surface area contributed by atoms with Gasteiger partial charge in [-0.15, -0.1) is 0 Å². The SMILES string of the molecule is O=C(O)c1ccnn1C1CCCC1O. The lowest BCUT2D eigenvalue weighted by atomic mass is 10.2. The third-order valence-electron chi connectivity index (χ3n) is 2.65. The van der Waals surface area contributed by atoms with E-state index in [1.165, 1.54) is 16.9 Å². The Bertz CT molecular complexity index is 348. The van der Waals surface area contributed by atoms with Crippen LogP contribution in [0.2, 0.25) is 0 Å². The Morgan fingerprint density at radius 2 is 2.36 bits per heavy atom. The van der Waals surface area contributed by atoms with E-state index in [1.54, 1.807) is 0 Å². The molecule has 1 aromatic heterocycles. The van der Waals surface area contributed by atoms with Crippen molar-refractivity contribution in [3.05, 3.63) is 18.0 Å². The maximum absolute atomic E-state index is 10.8. The van der Waals surface area contributed by atoms with E-state index in [0.29, 0.717) is 0 Å². The van der Waals surface area contributed by atoms with E-state index >= 15 is 0 Å². The van der Waals surface area contributed by atoms with Crippen molar-refractivity contribution in [1.82, 2.24) is 9.78 Å². The molecule has 0 bridgehead atoms. The zero-order chi connectivity index (χ0) is 10.1. The van der Waals surface area contributed by atoms with E-state index in [2.05, 4.69) is 5.10 Å². The van der Waals surface area contributed by atoms with E-state index in [9.17, 15) is 9.90 Å². The molecule has 0 spiro atoms. The van der Waals surface area contributed by atoms with Gasteiger partial charge in [-0.05, 0) is 25.3 Å². The molecule has 5 nitrogen and oxygen atoms in total. The van der Waals surface area contributed by atoms with Gasteiger partial charge in [-0.3, -0.25) is 4.68 Å². The van der Waals surface area contributed by atoms with Crippen LogP contribution in [0.25, 0.3) is 0 Å². The second kappa shape index (κ2) is 3.42. The summed E-state index contributed by atoms with van der Waals surface area (Å²) in [5.74, 6) is -0.999. The van der Waals surface area contributed by atoms with Gasteiger partial charge in [-0.25, -0.2) is 4.79 Å². The van der Waals surface area contributed by atoms with Crippen molar-refractivity contribution >= 4 is 5.97 Å². The molecule has 1 aromatic rings. The van der Waals surface area contributed by atoms with E-state index in [0.717, 1.165) is 19.3 Å². The molecule has 2 N–H and O–H groups in total. The lowest BCUT2D eigenvalue weighted by Gasteiger charge is -2.16. The third kappa shape index (κ3) is 1.39. The molecule has 1 aliphatic carbocycles. The van der Waals surface area contributed by atoms with E-state index in [1.807, 2.05) is 0 Å². The number of hydrogen-bond donors (Lipinski definition) is 2. The summed E-state index contributed by atoms with van der Waals surface area (Å²) in [6, 6.07) is 1.28. The molecule has 1 fully saturated rings. The first-order valence-corrected chi connectivity index (χ1v) is 4.65. The summed E-state index contributed by atoms with van der Waals surface area (Å²) in [7, 11) is 0. The lowest BCUT2D eigenvalue weighted by molar-refractivity contribution is 0.0668. The van der Waals surface area contributed by atoms with Crippen LogP contribution in [0.15, 0.2) is 12.3 Å². The van der Waals surface area contributed by atoms with Crippen molar-refractivity contribution in [2.24, 2.45) is 0 Å². The van der Waals surface area contributed by atoms with Crippen LogP contribution in [0.5, 0.6) is 0 Å². The van der Waals surface area contributed by atoms with Gasteiger partial charge in [0.2, 0.25) is 0 Å². The smallest absolute Gasteiger partial charge is 0.354 e. The quantitative estimate of drug-likeness (QED) is 0.728. The zero-order valence-corrected chi connectivity index (χ0v) is 7.63. The fraction of sp³-hybridized carbons (Fsp3) is 0.556. The van der Waals surface area contributed by atoms with Gasteiger partial charge >= 0.3 is 5.97 Å². The molecule has 1 aliphatic rings. The molecule has 0 saturated heterocycles. The topological polar surface area (TPSA) is 75.3 Å². The third-order valence-corrected chi connectivity index (χ3v) is 2.65. The number of hydrogen-bond acceptors (Lipinski definition) is 3. The van der Waals surface area contributed by atoms with Gasteiger partial charge in [0, 0.05) is 6.20 Å². The zero-order valence-electron chi connectivity index (χ0n) is 7.63. The molecule has 5 heteroatoms. The molecule has 2 rings (SSSR count). The number of aliphatic hydroxyl groups is 1. The summed E-state index contributed by atoms with van der Waals surface area (Å²) in [5, 5.41) is 22.4. The van der Waals surface area contributed by atoms with Crippen molar-refractivity contribution in [3.8, 4) is 0 Å². The van der Waals surface area contributed by atoms with Gasteiger partial charge in [0.25, 0.3) is 0 Å². The summed E-state index contributed by atoms with van der Waals surface area (Å²) in [5.41, 5.74) is 0.149. The minimum Gasteiger partial charge on any atom is -0.477 e. The normalized spacial score (nSPS) is 26.6. The van der Waals surface area contributed by atoms with Gasteiger partial charge in [0.1, 0.15) is 5.69 Å². The number of carbonyl (C=O) groups is 1. The molecule has 0 aliphatic heterocycles. The summed E-state index contributed by atoms with van der Waals surface area (Å²) in [6.07, 6.45) is 3.43. The number of rotatable bonds is 2. The van der Waals surface area contributed by atoms with Crippen LogP contribution in [0.4, 0.5) is 0 Å². The van der Waals surface area contributed by atoms with Crippen molar-refractivity contribution in [2.45, 2.75) is 31.4 Å². The fourth-order valence-electron chi connectivity index (χ4n) is 1.95. The highest BCUT2D eigenvalue weighted by Crippen LogP contribution is 2.30. The Balaban J connectivity index is 2.31. The van der Waals surface area contributed by atoms with Gasteiger partial charge in [0.15, 0.2) is 0 Å². The second-order valence-corrected chi connectivity index (χ2v) is 3.53. The first-order valence-electron chi connectivity index (χ1n) is 4.65. The van der Waals surface area contributed by atoms with Gasteiger partial charge in [0.05, 0.1) is 12.1 Å². The molecule has 76 valence electrons. The monoisotopic (exact) mass is 196 g/mol. The number of aromatic carboxylic acids is 1. The Morgan fingerprint density at radius 3 is 2.93 bits per heavy atom. The number of carboxylic acid groups (broad SMARTS) is 1. The minimum absolute atomic E-state index is 0.149. The van der Waals surface area contributed by atoms with Crippen LogP contribution in [0.1, 0.15) is 35.8 Å². The molecule has 14 heavy (non-hydrogen) atoms. The largest absolute Gasteiger partial charge is 0.477 e. The van der Waals surface area contributed by atoms with Crippen LogP contribution in [0, 0.1) is 0 Å². The van der Waals surface area contributed by atoms with Crippen LogP contribution in [0.3, 0.4) is 0 Å². The summed E-state index contributed by atoms with van der Waals surface area (Å²) < 4.78 is 1.42. The maximum Gasteiger partial charge on any atom is 0.354 e. The van der Waals surface area contributed by atoms with Crippen LogP contribution < -0.4 is 0 Å². The van der Waals surface area contributed by atoms with Gasteiger partial charge in [-0.2, -0.15) is 5.10 Å². The molecule has 1 saturated carbocycles. The average molecular weight is 196 g/mol. The predicted octanol–water partition coefficient (Wildman–Crippen LogP) is 0.667. The van der Waals surface area contributed by atoms with E-state index < -0.39 is 12.1 Å². The van der Waals surface area contributed by atoms with Crippen LogP contribution in [-0.2, 0) is 0 Å². The van der Waals surface area contributed by atoms with Crippen molar-refractivity contribution in [1.29, 1.82) is 0 Å². The molecule has 2 unspecified atom stereocenters. The predicted molar refractivity (Wildman–Crippen MR) is 48.1 cm³/mol. The highest BCUT2D eigenvalue weighted by atomic mass is 16.4. The highest BCUT2D eigenvalue weighted by Gasteiger charge is 2.29. The first-order chi connectivity index (χ1) is 6.70. The molecule has 0 aromatic carbocycles. The number of carboxylic acids is 1. The van der Waals surface area contributed by atoms with E-state index in [4.69, 9.17) is 5.11 Å². The average Bonchev–Trinajstić information content (AvgIpc) is 2.70. The van der Waals surface area contributed by atoms with E-state index in [-0.39, 0.29) is 11.7 Å². The van der Waals surface area contributed by atoms with Gasteiger partial charge < -0.3 is 10.2 Å².